The lowest BCUT2D eigenvalue weighted by Crippen LogP contribution is -2.45. The van der Waals surface area contributed by atoms with E-state index in [0.29, 0.717) is 19.0 Å². The summed E-state index contributed by atoms with van der Waals surface area (Å²) >= 11 is 0. The minimum atomic E-state index is -0.120. The van der Waals surface area contributed by atoms with E-state index in [2.05, 4.69) is 24.5 Å². The van der Waals surface area contributed by atoms with Crippen molar-refractivity contribution in [2.45, 2.75) is 39.7 Å². The number of urea groups is 1. The zero-order valence-corrected chi connectivity index (χ0v) is 9.47. The van der Waals surface area contributed by atoms with Crippen LogP contribution in [0.4, 0.5) is 4.79 Å². The van der Waals surface area contributed by atoms with Gasteiger partial charge in [0.1, 0.15) is 0 Å². The molecule has 14 heavy (non-hydrogen) atoms. The van der Waals surface area contributed by atoms with Crippen molar-refractivity contribution < 1.29 is 4.79 Å². The third kappa shape index (κ3) is 5.80. The predicted molar refractivity (Wildman–Crippen MR) is 59.1 cm³/mol. The molecule has 2 atom stereocenters. The van der Waals surface area contributed by atoms with Gasteiger partial charge in [0.05, 0.1) is 0 Å². The van der Waals surface area contributed by atoms with E-state index in [1.807, 2.05) is 6.92 Å². The molecule has 0 bridgehead atoms. The van der Waals surface area contributed by atoms with Crippen molar-refractivity contribution in [1.82, 2.24) is 10.6 Å². The summed E-state index contributed by atoms with van der Waals surface area (Å²) in [6.45, 7) is 7.47. The lowest BCUT2D eigenvalue weighted by molar-refractivity contribution is 0.239. The molecule has 4 N–H and O–H groups in total. The molecule has 0 radical (unpaired) electrons. The molecule has 0 saturated heterocycles. The molecule has 0 aromatic heterocycles. The van der Waals surface area contributed by atoms with E-state index in [4.69, 9.17) is 5.73 Å². The van der Waals surface area contributed by atoms with Crippen LogP contribution < -0.4 is 16.4 Å². The molecule has 0 spiro atoms. The van der Waals surface area contributed by atoms with E-state index in [1.165, 1.54) is 0 Å². The number of hydrogen-bond donors (Lipinski definition) is 3. The van der Waals surface area contributed by atoms with Gasteiger partial charge in [0, 0.05) is 19.1 Å². The summed E-state index contributed by atoms with van der Waals surface area (Å²) in [5.41, 5.74) is 5.86. The Morgan fingerprint density at radius 1 is 1.36 bits per heavy atom. The molecule has 0 aromatic rings. The fourth-order valence-electron chi connectivity index (χ4n) is 1.02. The first-order chi connectivity index (χ1) is 6.61. The van der Waals surface area contributed by atoms with Crippen LogP contribution in [0.15, 0.2) is 0 Å². The standard InChI is InChI=1S/C10H23N3O/c1-4-6-12-10(14)13-7-9(11)8(3)5-2/h8-9H,4-7,11H2,1-3H3,(H2,12,13,14). The fraction of sp³-hybridized carbons (Fsp3) is 0.900. The van der Waals surface area contributed by atoms with Crippen LogP contribution in [0.5, 0.6) is 0 Å². The highest BCUT2D eigenvalue weighted by Gasteiger charge is 2.11. The van der Waals surface area contributed by atoms with E-state index < -0.39 is 0 Å². The second-order valence-corrected chi connectivity index (χ2v) is 3.69. The SMILES string of the molecule is CCCNC(=O)NCC(N)C(C)CC. The Labute approximate surface area is 86.6 Å². The molecule has 0 rings (SSSR count). The third-order valence-electron chi connectivity index (χ3n) is 2.41. The first kappa shape index (κ1) is 13.2. The number of nitrogens with two attached hydrogens (primary N) is 1. The molecule has 4 nitrogen and oxygen atoms in total. The summed E-state index contributed by atoms with van der Waals surface area (Å²) in [4.78, 5) is 11.1. The van der Waals surface area contributed by atoms with Gasteiger partial charge < -0.3 is 16.4 Å². The maximum atomic E-state index is 11.1. The molecule has 0 aromatic carbocycles. The number of carbonyl (C=O) groups excluding carboxylic acids is 1. The van der Waals surface area contributed by atoms with E-state index in [9.17, 15) is 4.79 Å². The van der Waals surface area contributed by atoms with Crippen molar-refractivity contribution in [2.75, 3.05) is 13.1 Å². The fourth-order valence-corrected chi connectivity index (χ4v) is 1.02. The normalized spacial score (nSPS) is 14.6. The van der Waals surface area contributed by atoms with Crippen LogP contribution in [0, 0.1) is 5.92 Å². The minimum Gasteiger partial charge on any atom is -0.338 e. The molecule has 0 aliphatic carbocycles. The van der Waals surface area contributed by atoms with Crippen LogP contribution in [0.1, 0.15) is 33.6 Å². The summed E-state index contributed by atoms with van der Waals surface area (Å²) in [6.07, 6.45) is 1.99. The number of hydrogen-bond acceptors (Lipinski definition) is 2. The Hall–Kier alpha value is -0.770. The van der Waals surface area contributed by atoms with Gasteiger partial charge in [0.15, 0.2) is 0 Å². The Morgan fingerprint density at radius 2 is 2.00 bits per heavy atom. The van der Waals surface area contributed by atoms with Crippen LogP contribution in [0.3, 0.4) is 0 Å². The summed E-state index contributed by atoms with van der Waals surface area (Å²) in [5, 5.41) is 5.50. The zero-order valence-electron chi connectivity index (χ0n) is 9.47. The highest BCUT2D eigenvalue weighted by molar-refractivity contribution is 5.73. The van der Waals surface area contributed by atoms with E-state index in [1.54, 1.807) is 0 Å². The lowest BCUT2D eigenvalue weighted by Gasteiger charge is -2.18. The molecule has 0 aliphatic heterocycles. The molecule has 2 unspecified atom stereocenters. The third-order valence-corrected chi connectivity index (χ3v) is 2.41. The van der Waals surface area contributed by atoms with Crippen molar-refractivity contribution >= 4 is 6.03 Å². The Kier molecular flexibility index (Phi) is 7.20. The number of amides is 2. The second-order valence-electron chi connectivity index (χ2n) is 3.69. The average molecular weight is 201 g/mol. The van der Waals surface area contributed by atoms with Crippen LogP contribution in [0.2, 0.25) is 0 Å². The van der Waals surface area contributed by atoms with E-state index in [-0.39, 0.29) is 12.1 Å². The maximum Gasteiger partial charge on any atom is 0.314 e. The van der Waals surface area contributed by atoms with Crippen molar-refractivity contribution in [1.29, 1.82) is 0 Å². The first-order valence-electron chi connectivity index (χ1n) is 5.39. The van der Waals surface area contributed by atoms with Crippen molar-refractivity contribution in [2.24, 2.45) is 11.7 Å². The number of carbonyl (C=O) groups is 1. The maximum absolute atomic E-state index is 11.1. The molecular weight excluding hydrogens is 178 g/mol. The minimum absolute atomic E-state index is 0.0485. The topological polar surface area (TPSA) is 67.2 Å². The predicted octanol–water partition coefficient (Wildman–Crippen LogP) is 1.07. The Balaban J connectivity index is 3.55. The molecular formula is C10H23N3O. The molecule has 0 aliphatic rings. The zero-order chi connectivity index (χ0) is 11.0. The monoisotopic (exact) mass is 201 g/mol. The van der Waals surface area contributed by atoms with Gasteiger partial charge in [-0.25, -0.2) is 4.79 Å². The van der Waals surface area contributed by atoms with Gasteiger partial charge in [-0.2, -0.15) is 0 Å². The summed E-state index contributed by atoms with van der Waals surface area (Å²) < 4.78 is 0. The Morgan fingerprint density at radius 3 is 2.50 bits per heavy atom. The average Bonchev–Trinajstić information content (AvgIpc) is 2.21. The van der Waals surface area contributed by atoms with E-state index >= 15 is 0 Å². The molecule has 0 heterocycles. The lowest BCUT2D eigenvalue weighted by atomic mass is 10.0. The molecule has 0 saturated carbocycles. The van der Waals surface area contributed by atoms with Crippen LogP contribution >= 0.6 is 0 Å². The van der Waals surface area contributed by atoms with Gasteiger partial charge in [0.25, 0.3) is 0 Å². The molecule has 4 heteroatoms. The van der Waals surface area contributed by atoms with Gasteiger partial charge in [0.2, 0.25) is 0 Å². The van der Waals surface area contributed by atoms with Crippen LogP contribution in [-0.2, 0) is 0 Å². The van der Waals surface area contributed by atoms with Gasteiger partial charge >= 0.3 is 6.03 Å². The smallest absolute Gasteiger partial charge is 0.314 e. The van der Waals surface area contributed by atoms with Crippen molar-refractivity contribution in [3.05, 3.63) is 0 Å². The van der Waals surface area contributed by atoms with Gasteiger partial charge in [-0.05, 0) is 12.3 Å². The highest BCUT2D eigenvalue weighted by atomic mass is 16.2. The van der Waals surface area contributed by atoms with Crippen LogP contribution in [0.25, 0.3) is 0 Å². The van der Waals surface area contributed by atoms with Gasteiger partial charge in [-0.15, -0.1) is 0 Å². The molecule has 0 fully saturated rings. The molecule has 84 valence electrons. The largest absolute Gasteiger partial charge is 0.338 e. The van der Waals surface area contributed by atoms with Crippen LogP contribution in [-0.4, -0.2) is 25.2 Å². The van der Waals surface area contributed by atoms with Gasteiger partial charge in [-0.1, -0.05) is 27.2 Å². The molecule has 2 amide bonds. The number of nitrogens with one attached hydrogen (secondary N) is 2. The quantitative estimate of drug-likeness (QED) is 0.601. The van der Waals surface area contributed by atoms with Crippen molar-refractivity contribution in [3.8, 4) is 0 Å². The van der Waals surface area contributed by atoms with Crippen molar-refractivity contribution in [3.63, 3.8) is 0 Å². The number of rotatable bonds is 6. The first-order valence-corrected chi connectivity index (χ1v) is 5.39. The van der Waals surface area contributed by atoms with Gasteiger partial charge in [-0.3, -0.25) is 0 Å². The van der Waals surface area contributed by atoms with E-state index in [0.717, 1.165) is 12.8 Å². The highest BCUT2D eigenvalue weighted by Crippen LogP contribution is 2.03. The summed E-state index contributed by atoms with van der Waals surface area (Å²) in [7, 11) is 0. The Bertz CT molecular complexity index is 161. The summed E-state index contributed by atoms with van der Waals surface area (Å²) in [5.74, 6) is 0.446. The second kappa shape index (κ2) is 7.62. The summed E-state index contributed by atoms with van der Waals surface area (Å²) in [6, 6.07) is -0.0713.